The fourth-order valence-electron chi connectivity index (χ4n) is 3.24. The van der Waals surface area contributed by atoms with E-state index in [0.29, 0.717) is 12.0 Å². The minimum atomic E-state index is -1.08. The van der Waals surface area contributed by atoms with E-state index < -0.39 is 23.9 Å². The first-order valence-electron chi connectivity index (χ1n) is 10.6. The van der Waals surface area contributed by atoms with Gasteiger partial charge in [0.1, 0.15) is 6.04 Å². The number of aliphatic carboxylic acids is 1. The summed E-state index contributed by atoms with van der Waals surface area (Å²) in [5.41, 5.74) is 2.78. The summed E-state index contributed by atoms with van der Waals surface area (Å²) in [6.45, 7) is 0. The molecular formula is C22H32N2O7. The number of nitrogens with one attached hydrogen (secondary N) is 2. The van der Waals surface area contributed by atoms with Crippen LogP contribution in [0.15, 0.2) is 24.3 Å². The molecule has 9 heteroatoms. The molecule has 0 fully saturated rings. The lowest BCUT2D eigenvalue weighted by atomic mass is 10.0. The van der Waals surface area contributed by atoms with E-state index in [4.69, 9.17) is 15.4 Å². The van der Waals surface area contributed by atoms with Crippen molar-refractivity contribution in [3.63, 3.8) is 0 Å². The molecule has 0 bridgehead atoms. The molecule has 31 heavy (non-hydrogen) atoms. The molecule has 0 spiro atoms. The summed E-state index contributed by atoms with van der Waals surface area (Å²) in [5, 5.41) is 28.8. The summed E-state index contributed by atoms with van der Waals surface area (Å²) in [7, 11) is 0. The summed E-state index contributed by atoms with van der Waals surface area (Å²) >= 11 is 0. The summed E-state index contributed by atoms with van der Waals surface area (Å²) in [6, 6.07) is 5.94. The van der Waals surface area contributed by atoms with E-state index in [0.717, 1.165) is 50.5 Å². The first-order valence-corrected chi connectivity index (χ1v) is 10.6. The van der Waals surface area contributed by atoms with Gasteiger partial charge in [0.2, 0.25) is 5.91 Å². The maximum atomic E-state index is 11.9. The average molecular weight is 437 g/mol. The molecule has 0 radical (unpaired) electrons. The Morgan fingerprint density at radius 1 is 0.871 bits per heavy atom. The lowest BCUT2D eigenvalue weighted by Crippen LogP contribution is -2.46. The quantitative estimate of drug-likeness (QED) is 0.152. The van der Waals surface area contributed by atoms with Crippen LogP contribution in [-0.2, 0) is 20.8 Å². The maximum absolute atomic E-state index is 11.9. The molecular weight excluding hydrogens is 404 g/mol. The number of carboxylic acids is 2. The van der Waals surface area contributed by atoms with Crippen LogP contribution in [0.2, 0.25) is 0 Å². The number of amides is 2. The Hall–Kier alpha value is -2.94. The highest BCUT2D eigenvalue weighted by molar-refractivity contribution is 5.88. The second-order valence-corrected chi connectivity index (χ2v) is 7.51. The highest BCUT2D eigenvalue weighted by Crippen LogP contribution is 2.13. The number of hydroxylamine groups is 1. The van der Waals surface area contributed by atoms with Gasteiger partial charge in [0.05, 0.1) is 5.56 Å². The fourth-order valence-corrected chi connectivity index (χ4v) is 3.24. The van der Waals surface area contributed by atoms with Crippen LogP contribution in [-0.4, -0.2) is 45.2 Å². The molecule has 172 valence electrons. The topological polar surface area (TPSA) is 153 Å². The minimum absolute atomic E-state index is 0.0892. The lowest BCUT2D eigenvalue weighted by Gasteiger charge is -2.15. The number of hydrogen-bond acceptors (Lipinski definition) is 5. The van der Waals surface area contributed by atoms with Gasteiger partial charge in [-0.05, 0) is 43.4 Å². The summed E-state index contributed by atoms with van der Waals surface area (Å²) in [4.78, 5) is 45.0. The third-order valence-electron chi connectivity index (χ3n) is 4.95. The van der Waals surface area contributed by atoms with E-state index in [1.54, 1.807) is 18.2 Å². The number of carbonyl (C=O) groups is 4. The largest absolute Gasteiger partial charge is 0.481 e. The van der Waals surface area contributed by atoms with Gasteiger partial charge < -0.3 is 15.5 Å². The SMILES string of the molecule is O=C(O)CC[C@@H](NC(=O)CCCCCCCCCc1cccc(C(=O)O)c1)C(=O)NO. The van der Waals surface area contributed by atoms with Crippen molar-refractivity contribution >= 4 is 23.8 Å². The van der Waals surface area contributed by atoms with Gasteiger partial charge in [-0.15, -0.1) is 0 Å². The number of rotatable bonds is 16. The molecule has 5 N–H and O–H groups in total. The zero-order valence-corrected chi connectivity index (χ0v) is 17.6. The Balaban J connectivity index is 2.11. The maximum Gasteiger partial charge on any atom is 0.335 e. The fraction of sp³-hybridized carbons (Fsp3) is 0.545. The van der Waals surface area contributed by atoms with E-state index in [1.807, 2.05) is 6.07 Å². The van der Waals surface area contributed by atoms with E-state index in [-0.39, 0.29) is 25.2 Å². The Labute approximate surface area is 181 Å². The number of aryl methyl sites for hydroxylation is 1. The molecule has 9 nitrogen and oxygen atoms in total. The molecule has 0 aromatic heterocycles. The summed E-state index contributed by atoms with van der Waals surface area (Å²) < 4.78 is 0. The van der Waals surface area contributed by atoms with Crippen molar-refractivity contribution in [3.05, 3.63) is 35.4 Å². The molecule has 1 aromatic carbocycles. The number of unbranched alkanes of at least 4 members (excludes halogenated alkanes) is 6. The van der Waals surface area contributed by atoms with Crippen LogP contribution < -0.4 is 10.8 Å². The van der Waals surface area contributed by atoms with Crippen LogP contribution in [0.1, 0.15) is 80.1 Å². The van der Waals surface area contributed by atoms with Gasteiger partial charge in [0, 0.05) is 12.8 Å². The van der Waals surface area contributed by atoms with Crippen molar-refractivity contribution in [2.75, 3.05) is 0 Å². The normalized spacial score (nSPS) is 11.5. The van der Waals surface area contributed by atoms with Crippen LogP contribution >= 0.6 is 0 Å². The third kappa shape index (κ3) is 11.7. The van der Waals surface area contributed by atoms with Crippen LogP contribution in [0, 0.1) is 0 Å². The van der Waals surface area contributed by atoms with E-state index in [1.165, 1.54) is 5.48 Å². The predicted molar refractivity (Wildman–Crippen MR) is 113 cm³/mol. The highest BCUT2D eigenvalue weighted by atomic mass is 16.5. The molecule has 0 saturated heterocycles. The molecule has 2 amide bonds. The monoisotopic (exact) mass is 436 g/mol. The Morgan fingerprint density at radius 2 is 1.52 bits per heavy atom. The van der Waals surface area contributed by atoms with Gasteiger partial charge in [0.25, 0.3) is 5.91 Å². The summed E-state index contributed by atoms with van der Waals surface area (Å²) in [6.07, 6.45) is 7.41. The number of hydrogen-bond donors (Lipinski definition) is 5. The Morgan fingerprint density at radius 3 is 2.13 bits per heavy atom. The summed E-state index contributed by atoms with van der Waals surface area (Å²) in [5.74, 6) is -3.17. The van der Waals surface area contributed by atoms with Crippen molar-refractivity contribution in [2.45, 2.75) is 76.7 Å². The van der Waals surface area contributed by atoms with Crippen LogP contribution in [0.3, 0.4) is 0 Å². The van der Waals surface area contributed by atoms with Crippen molar-refractivity contribution in [1.29, 1.82) is 0 Å². The van der Waals surface area contributed by atoms with E-state index >= 15 is 0 Å². The van der Waals surface area contributed by atoms with Crippen molar-refractivity contribution in [1.82, 2.24) is 10.8 Å². The standard InChI is InChI=1S/C22H32N2O7/c25-19(23-18(21(28)24-31)13-14-20(26)27)12-7-5-3-1-2-4-6-9-16-10-8-11-17(15-16)22(29)30/h8,10-11,15,18,31H,1-7,9,12-14H2,(H,23,25)(H,24,28)(H,26,27)(H,29,30)/t18-/m1/s1. The number of aromatic carboxylic acids is 1. The van der Waals surface area contributed by atoms with E-state index in [2.05, 4.69) is 5.32 Å². The van der Waals surface area contributed by atoms with E-state index in [9.17, 15) is 19.2 Å². The molecule has 1 rings (SSSR count). The molecule has 0 aliphatic rings. The second-order valence-electron chi connectivity index (χ2n) is 7.51. The van der Waals surface area contributed by atoms with Crippen LogP contribution in [0.5, 0.6) is 0 Å². The number of benzene rings is 1. The molecule has 0 unspecified atom stereocenters. The lowest BCUT2D eigenvalue weighted by molar-refractivity contribution is -0.139. The average Bonchev–Trinajstić information content (AvgIpc) is 2.74. The van der Waals surface area contributed by atoms with Crippen molar-refractivity contribution in [2.24, 2.45) is 0 Å². The Kier molecular flexibility index (Phi) is 12.6. The second kappa shape index (κ2) is 15.0. The van der Waals surface area contributed by atoms with Gasteiger partial charge in [-0.1, -0.05) is 44.2 Å². The zero-order valence-electron chi connectivity index (χ0n) is 17.6. The predicted octanol–water partition coefficient (Wildman–Crippen LogP) is 2.90. The zero-order chi connectivity index (χ0) is 23.1. The molecule has 0 aliphatic heterocycles. The van der Waals surface area contributed by atoms with Gasteiger partial charge in [-0.3, -0.25) is 19.6 Å². The molecule has 0 heterocycles. The minimum Gasteiger partial charge on any atom is -0.481 e. The van der Waals surface area contributed by atoms with Crippen molar-refractivity contribution < 1.29 is 34.6 Å². The first kappa shape index (κ1) is 26.1. The smallest absolute Gasteiger partial charge is 0.335 e. The van der Waals surface area contributed by atoms with Gasteiger partial charge >= 0.3 is 11.9 Å². The number of carbonyl (C=O) groups excluding carboxylic acids is 2. The number of carboxylic acid groups (broad SMARTS) is 2. The Bertz CT molecular complexity index is 736. The van der Waals surface area contributed by atoms with Gasteiger partial charge in [0.15, 0.2) is 0 Å². The highest BCUT2D eigenvalue weighted by Gasteiger charge is 2.21. The molecule has 0 saturated carbocycles. The van der Waals surface area contributed by atoms with Crippen LogP contribution in [0.25, 0.3) is 0 Å². The molecule has 1 atom stereocenters. The third-order valence-corrected chi connectivity index (χ3v) is 4.95. The molecule has 0 aliphatic carbocycles. The van der Waals surface area contributed by atoms with Gasteiger partial charge in [-0.25, -0.2) is 10.3 Å². The first-order chi connectivity index (χ1) is 14.8. The van der Waals surface area contributed by atoms with Crippen molar-refractivity contribution in [3.8, 4) is 0 Å². The van der Waals surface area contributed by atoms with Gasteiger partial charge in [-0.2, -0.15) is 0 Å². The van der Waals surface area contributed by atoms with Crippen LogP contribution in [0.4, 0.5) is 0 Å². The molecule has 1 aromatic rings.